The van der Waals surface area contributed by atoms with Gasteiger partial charge < -0.3 is 10.1 Å². The molecule has 1 saturated carbocycles. The van der Waals surface area contributed by atoms with Crippen molar-refractivity contribution < 1.29 is 23.1 Å². The minimum absolute atomic E-state index is 0.137. The summed E-state index contributed by atoms with van der Waals surface area (Å²) in [6.45, 7) is 0.137. The molecule has 1 amide bonds. The molecule has 1 aliphatic rings. The Morgan fingerprint density at radius 1 is 1.36 bits per heavy atom. The Labute approximate surface area is 127 Å². The van der Waals surface area contributed by atoms with Crippen LogP contribution in [0.5, 0.6) is 0 Å². The van der Waals surface area contributed by atoms with Gasteiger partial charge in [0, 0.05) is 24.3 Å². The lowest BCUT2D eigenvalue weighted by atomic mass is 9.63. The van der Waals surface area contributed by atoms with Crippen LogP contribution in [0.4, 0.5) is 8.78 Å². The molecule has 0 spiro atoms. The maximum absolute atomic E-state index is 14.0. The standard InChI is InChI=1S/C16H17F2NO3/c1-22-14(20)4-2-9-19-15(21)16(7-3-8-16)12-6-5-11(17)10-13(12)18/h2,4-6,10H,3,7-9H2,1H3,(H,19,21)/b4-2+. The van der Waals surface area contributed by atoms with Gasteiger partial charge in [-0.1, -0.05) is 18.6 Å². The first-order valence-electron chi connectivity index (χ1n) is 6.98. The third kappa shape index (κ3) is 3.16. The van der Waals surface area contributed by atoms with Crippen molar-refractivity contribution in [3.05, 3.63) is 47.5 Å². The smallest absolute Gasteiger partial charge is 0.330 e. The van der Waals surface area contributed by atoms with Crippen molar-refractivity contribution in [3.63, 3.8) is 0 Å². The van der Waals surface area contributed by atoms with Crippen molar-refractivity contribution in [2.75, 3.05) is 13.7 Å². The zero-order valence-electron chi connectivity index (χ0n) is 12.2. The third-order valence-electron chi connectivity index (χ3n) is 3.92. The van der Waals surface area contributed by atoms with Crippen molar-refractivity contribution in [1.82, 2.24) is 5.32 Å². The van der Waals surface area contributed by atoms with Crippen molar-refractivity contribution in [2.24, 2.45) is 0 Å². The van der Waals surface area contributed by atoms with E-state index in [2.05, 4.69) is 10.1 Å². The SMILES string of the molecule is COC(=O)/C=C/CNC(=O)C1(c2ccc(F)cc2F)CCC1. The molecule has 0 unspecified atom stereocenters. The van der Waals surface area contributed by atoms with Crippen LogP contribution in [-0.4, -0.2) is 25.5 Å². The van der Waals surface area contributed by atoms with Crippen LogP contribution in [-0.2, 0) is 19.7 Å². The summed E-state index contributed by atoms with van der Waals surface area (Å²) in [6, 6.07) is 3.27. The Hall–Kier alpha value is -2.24. The van der Waals surface area contributed by atoms with Crippen LogP contribution >= 0.6 is 0 Å². The number of ether oxygens (including phenoxy) is 1. The fourth-order valence-electron chi connectivity index (χ4n) is 2.57. The van der Waals surface area contributed by atoms with E-state index in [1.807, 2.05) is 0 Å². The topological polar surface area (TPSA) is 55.4 Å². The highest BCUT2D eigenvalue weighted by molar-refractivity contribution is 5.89. The molecule has 1 aliphatic carbocycles. The number of hydrogen-bond donors (Lipinski definition) is 1. The number of hydrogen-bond acceptors (Lipinski definition) is 3. The number of rotatable bonds is 5. The normalized spacial score (nSPS) is 16.1. The molecule has 0 heterocycles. The van der Waals surface area contributed by atoms with Crippen LogP contribution in [0.2, 0.25) is 0 Å². The van der Waals surface area contributed by atoms with Crippen molar-refractivity contribution in [1.29, 1.82) is 0 Å². The molecule has 118 valence electrons. The third-order valence-corrected chi connectivity index (χ3v) is 3.92. The molecule has 0 radical (unpaired) electrons. The second-order valence-electron chi connectivity index (χ2n) is 5.20. The molecule has 4 nitrogen and oxygen atoms in total. The van der Waals surface area contributed by atoms with Crippen LogP contribution in [0.1, 0.15) is 24.8 Å². The number of nitrogens with one attached hydrogen (secondary N) is 1. The fraction of sp³-hybridized carbons (Fsp3) is 0.375. The second-order valence-corrected chi connectivity index (χ2v) is 5.20. The molecule has 2 rings (SSSR count). The molecular formula is C16H17F2NO3. The minimum Gasteiger partial charge on any atom is -0.466 e. The molecule has 22 heavy (non-hydrogen) atoms. The van der Waals surface area contributed by atoms with Crippen molar-refractivity contribution in [2.45, 2.75) is 24.7 Å². The van der Waals surface area contributed by atoms with Gasteiger partial charge in [0.1, 0.15) is 11.6 Å². The van der Waals surface area contributed by atoms with E-state index in [-0.39, 0.29) is 18.0 Å². The molecule has 1 N–H and O–H groups in total. The van der Waals surface area contributed by atoms with Gasteiger partial charge in [0.05, 0.1) is 12.5 Å². The van der Waals surface area contributed by atoms with E-state index in [1.54, 1.807) is 0 Å². The van der Waals surface area contributed by atoms with E-state index in [1.165, 1.54) is 25.3 Å². The highest BCUT2D eigenvalue weighted by atomic mass is 19.1. The van der Waals surface area contributed by atoms with Crippen molar-refractivity contribution in [3.8, 4) is 0 Å². The molecule has 1 aromatic carbocycles. The predicted octanol–water partition coefficient (Wildman–Crippen LogP) is 2.23. The molecule has 1 aromatic rings. The highest BCUT2D eigenvalue weighted by Crippen LogP contribution is 2.45. The summed E-state index contributed by atoms with van der Waals surface area (Å²) in [5, 5.41) is 2.65. The molecule has 0 saturated heterocycles. The lowest BCUT2D eigenvalue weighted by Crippen LogP contribution is -2.49. The summed E-state index contributed by atoms with van der Waals surface area (Å²) in [4.78, 5) is 23.3. The Bertz CT molecular complexity index is 609. The molecule has 6 heteroatoms. The van der Waals surface area contributed by atoms with Crippen LogP contribution < -0.4 is 5.32 Å². The summed E-state index contributed by atoms with van der Waals surface area (Å²) < 4.78 is 31.4. The van der Waals surface area contributed by atoms with Gasteiger partial charge in [-0.3, -0.25) is 4.79 Å². The van der Waals surface area contributed by atoms with E-state index >= 15 is 0 Å². The average molecular weight is 309 g/mol. The predicted molar refractivity (Wildman–Crippen MR) is 76.1 cm³/mol. The second kappa shape index (κ2) is 6.68. The van der Waals surface area contributed by atoms with Gasteiger partial charge in [0.25, 0.3) is 0 Å². The molecule has 0 bridgehead atoms. The van der Waals surface area contributed by atoms with Crippen molar-refractivity contribution >= 4 is 11.9 Å². The number of halogens is 2. The lowest BCUT2D eigenvalue weighted by molar-refractivity contribution is -0.135. The molecule has 0 atom stereocenters. The number of esters is 1. The fourth-order valence-corrected chi connectivity index (χ4v) is 2.57. The van der Waals surface area contributed by atoms with Gasteiger partial charge in [-0.2, -0.15) is 0 Å². The molecular weight excluding hydrogens is 292 g/mol. The Morgan fingerprint density at radius 2 is 2.09 bits per heavy atom. The summed E-state index contributed by atoms with van der Waals surface area (Å²) >= 11 is 0. The molecule has 0 aromatic heterocycles. The highest BCUT2D eigenvalue weighted by Gasteiger charge is 2.47. The minimum atomic E-state index is -0.948. The number of amides is 1. The van der Waals surface area contributed by atoms with Crippen LogP contribution in [0, 0.1) is 11.6 Å². The van der Waals surface area contributed by atoms with Gasteiger partial charge in [-0.15, -0.1) is 0 Å². The first-order chi connectivity index (χ1) is 10.5. The van der Waals surface area contributed by atoms with Gasteiger partial charge in [-0.05, 0) is 18.9 Å². The van der Waals surface area contributed by atoms with E-state index < -0.39 is 23.0 Å². The Kier molecular flexibility index (Phi) is 4.90. The quantitative estimate of drug-likeness (QED) is 0.670. The van der Waals surface area contributed by atoms with Gasteiger partial charge in [0.2, 0.25) is 5.91 Å². The van der Waals surface area contributed by atoms with Gasteiger partial charge in [-0.25, -0.2) is 13.6 Å². The summed E-state index contributed by atoms with van der Waals surface area (Å²) in [5.41, 5.74) is -0.730. The molecule has 1 fully saturated rings. The number of carbonyl (C=O) groups is 2. The first kappa shape index (κ1) is 16.1. The Morgan fingerprint density at radius 3 is 2.64 bits per heavy atom. The number of benzene rings is 1. The van der Waals surface area contributed by atoms with E-state index in [4.69, 9.17) is 0 Å². The first-order valence-corrected chi connectivity index (χ1v) is 6.98. The van der Waals surface area contributed by atoms with Crippen LogP contribution in [0.25, 0.3) is 0 Å². The van der Waals surface area contributed by atoms with Gasteiger partial charge >= 0.3 is 5.97 Å². The van der Waals surface area contributed by atoms with Gasteiger partial charge in [0.15, 0.2) is 0 Å². The maximum Gasteiger partial charge on any atom is 0.330 e. The zero-order valence-corrected chi connectivity index (χ0v) is 12.2. The van der Waals surface area contributed by atoms with Crippen LogP contribution in [0.3, 0.4) is 0 Å². The average Bonchev–Trinajstić information content (AvgIpc) is 2.44. The Balaban J connectivity index is 2.08. The monoisotopic (exact) mass is 309 g/mol. The maximum atomic E-state index is 14.0. The number of carbonyl (C=O) groups excluding carboxylic acids is 2. The van der Waals surface area contributed by atoms with E-state index in [0.717, 1.165) is 18.6 Å². The number of methoxy groups -OCH3 is 1. The summed E-state index contributed by atoms with van der Waals surface area (Å²) in [6.07, 6.45) is 4.50. The zero-order chi connectivity index (χ0) is 16.2. The van der Waals surface area contributed by atoms with E-state index in [9.17, 15) is 18.4 Å². The van der Waals surface area contributed by atoms with Crippen LogP contribution in [0.15, 0.2) is 30.4 Å². The summed E-state index contributed by atoms with van der Waals surface area (Å²) in [7, 11) is 1.26. The van der Waals surface area contributed by atoms with E-state index in [0.29, 0.717) is 12.8 Å². The summed E-state index contributed by atoms with van der Waals surface area (Å²) in [5.74, 6) is -2.21. The lowest BCUT2D eigenvalue weighted by Gasteiger charge is -2.40. The largest absolute Gasteiger partial charge is 0.466 e. The molecule has 0 aliphatic heterocycles.